The minimum atomic E-state index is -0.0774. The van der Waals surface area contributed by atoms with Crippen molar-refractivity contribution in [3.8, 4) is 5.75 Å². The minimum absolute atomic E-state index is 0.0774. The molecule has 1 aromatic rings. The van der Waals surface area contributed by atoms with Gasteiger partial charge in [-0.2, -0.15) is 0 Å². The Hall–Kier alpha value is -0.540. The quantitative estimate of drug-likeness (QED) is 0.905. The molecule has 2 N–H and O–H groups in total. The van der Waals surface area contributed by atoms with E-state index >= 15 is 0 Å². The van der Waals surface area contributed by atoms with E-state index in [1.165, 1.54) is 12.0 Å². The van der Waals surface area contributed by atoms with Crippen molar-refractivity contribution in [2.45, 2.75) is 45.1 Å². The summed E-state index contributed by atoms with van der Waals surface area (Å²) >= 11 is 3.63. The van der Waals surface area contributed by atoms with Gasteiger partial charge in [0.25, 0.3) is 0 Å². The summed E-state index contributed by atoms with van der Waals surface area (Å²) in [4.78, 5) is 0. The van der Waals surface area contributed by atoms with Crippen LogP contribution in [0.5, 0.6) is 5.75 Å². The Morgan fingerprint density at radius 2 is 1.95 bits per heavy atom. The molecule has 3 heteroatoms. The lowest BCUT2D eigenvalue weighted by Crippen LogP contribution is -2.48. The lowest BCUT2D eigenvalue weighted by atomic mass is 9.70. The van der Waals surface area contributed by atoms with Gasteiger partial charge in [-0.15, -0.1) is 0 Å². The number of ether oxygens (including phenoxy) is 1. The topological polar surface area (TPSA) is 35.2 Å². The van der Waals surface area contributed by atoms with Gasteiger partial charge in [-0.25, -0.2) is 0 Å². The first-order valence-electron chi connectivity index (χ1n) is 7.03. The number of rotatable bonds is 3. The molecule has 1 saturated carbocycles. The third-order valence-corrected chi connectivity index (χ3v) is 4.88. The molecule has 0 amide bonds. The summed E-state index contributed by atoms with van der Waals surface area (Å²) in [6, 6.07) is 6.12. The molecular weight excluding hydrogens is 302 g/mol. The van der Waals surface area contributed by atoms with Gasteiger partial charge in [0.2, 0.25) is 0 Å². The summed E-state index contributed by atoms with van der Waals surface area (Å²) in [6.07, 6.45) is 4.44. The van der Waals surface area contributed by atoms with E-state index in [9.17, 15) is 0 Å². The van der Waals surface area contributed by atoms with Gasteiger partial charge in [-0.1, -0.05) is 29.8 Å². The highest BCUT2D eigenvalue weighted by Crippen LogP contribution is 2.38. The smallest absolute Gasteiger partial charge is 0.119 e. The van der Waals surface area contributed by atoms with Crippen molar-refractivity contribution in [3.05, 3.63) is 28.2 Å². The van der Waals surface area contributed by atoms with Gasteiger partial charge in [-0.3, -0.25) is 0 Å². The van der Waals surface area contributed by atoms with E-state index in [-0.39, 0.29) is 5.54 Å². The molecule has 0 aromatic heterocycles. The third kappa shape index (κ3) is 3.73. The van der Waals surface area contributed by atoms with E-state index in [0.29, 0.717) is 0 Å². The van der Waals surface area contributed by atoms with Crippen LogP contribution >= 0.6 is 15.9 Å². The van der Waals surface area contributed by atoms with Crippen LogP contribution in [-0.4, -0.2) is 12.6 Å². The summed E-state index contributed by atoms with van der Waals surface area (Å²) in [5, 5.41) is 0. The lowest BCUT2D eigenvalue weighted by molar-refractivity contribution is 0.182. The van der Waals surface area contributed by atoms with Gasteiger partial charge in [0, 0.05) is 10.0 Å². The Labute approximate surface area is 124 Å². The zero-order valence-electron chi connectivity index (χ0n) is 12.1. The Bertz CT molecular complexity index is 436. The van der Waals surface area contributed by atoms with E-state index in [1.54, 1.807) is 7.11 Å². The maximum atomic E-state index is 6.67. The van der Waals surface area contributed by atoms with Crippen LogP contribution in [0, 0.1) is 11.8 Å². The summed E-state index contributed by atoms with van der Waals surface area (Å²) in [5.41, 5.74) is 7.85. The molecule has 2 unspecified atom stereocenters. The number of hydrogen-bond donors (Lipinski definition) is 1. The second-order valence-corrected chi connectivity index (χ2v) is 7.21. The van der Waals surface area contributed by atoms with Gasteiger partial charge in [0.1, 0.15) is 5.75 Å². The molecule has 0 aliphatic heterocycles. The van der Waals surface area contributed by atoms with Crippen molar-refractivity contribution < 1.29 is 4.74 Å². The number of nitrogens with two attached hydrogens (primary N) is 1. The summed E-state index contributed by atoms with van der Waals surface area (Å²) in [6.45, 7) is 4.63. The van der Waals surface area contributed by atoms with Crippen molar-refractivity contribution in [2.24, 2.45) is 17.6 Å². The molecule has 106 valence electrons. The zero-order valence-corrected chi connectivity index (χ0v) is 13.7. The van der Waals surface area contributed by atoms with Gasteiger partial charge < -0.3 is 10.5 Å². The second-order valence-electron chi connectivity index (χ2n) is 6.35. The van der Waals surface area contributed by atoms with E-state index in [2.05, 4.69) is 35.8 Å². The van der Waals surface area contributed by atoms with E-state index in [4.69, 9.17) is 10.5 Å². The predicted molar refractivity (Wildman–Crippen MR) is 83.5 cm³/mol. The highest BCUT2D eigenvalue weighted by atomic mass is 79.9. The molecule has 2 rings (SSSR count). The first kappa shape index (κ1) is 14.9. The van der Waals surface area contributed by atoms with E-state index in [0.717, 1.165) is 41.3 Å². The van der Waals surface area contributed by atoms with Gasteiger partial charge >= 0.3 is 0 Å². The highest BCUT2D eigenvalue weighted by molar-refractivity contribution is 9.10. The molecule has 0 heterocycles. The van der Waals surface area contributed by atoms with Crippen LogP contribution in [0.1, 0.15) is 38.7 Å². The Kier molecular flexibility index (Phi) is 4.57. The first-order valence-corrected chi connectivity index (χ1v) is 7.82. The van der Waals surface area contributed by atoms with Crippen molar-refractivity contribution in [1.29, 1.82) is 0 Å². The SMILES string of the molecule is COc1ccc(Br)c(CC2(N)CC(C)CC(C)C2)c1. The maximum Gasteiger partial charge on any atom is 0.119 e. The van der Waals surface area contributed by atoms with Crippen LogP contribution < -0.4 is 10.5 Å². The molecule has 2 nitrogen and oxygen atoms in total. The molecular formula is C16H24BrNO. The van der Waals surface area contributed by atoms with Gasteiger partial charge in [0.05, 0.1) is 7.11 Å². The molecule has 1 aliphatic rings. The van der Waals surface area contributed by atoms with Crippen LogP contribution in [0.4, 0.5) is 0 Å². The molecule has 2 atom stereocenters. The van der Waals surface area contributed by atoms with Crippen molar-refractivity contribution in [3.63, 3.8) is 0 Å². The molecule has 1 aliphatic carbocycles. The minimum Gasteiger partial charge on any atom is -0.497 e. The zero-order chi connectivity index (χ0) is 14.0. The fraction of sp³-hybridized carbons (Fsp3) is 0.625. The molecule has 0 saturated heterocycles. The van der Waals surface area contributed by atoms with Gasteiger partial charge in [0.15, 0.2) is 0 Å². The second kappa shape index (κ2) is 5.84. The standard InChI is InChI=1S/C16H24BrNO/c1-11-6-12(2)9-16(18,8-11)10-13-7-14(19-3)4-5-15(13)17/h4-5,7,11-12H,6,8-10,18H2,1-3H3. The number of benzene rings is 1. The maximum absolute atomic E-state index is 6.67. The van der Waals surface area contributed by atoms with Crippen LogP contribution in [0.2, 0.25) is 0 Å². The fourth-order valence-corrected chi connectivity index (χ4v) is 4.05. The molecule has 0 radical (unpaired) electrons. The van der Waals surface area contributed by atoms with Crippen LogP contribution in [0.15, 0.2) is 22.7 Å². The fourth-order valence-electron chi connectivity index (χ4n) is 3.66. The number of halogens is 1. The third-order valence-electron chi connectivity index (χ3n) is 4.11. The van der Waals surface area contributed by atoms with Crippen molar-refractivity contribution in [1.82, 2.24) is 0 Å². The first-order chi connectivity index (χ1) is 8.92. The average Bonchev–Trinajstić information content (AvgIpc) is 2.29. The van der Waals surface area contributed by atoms with Crippen LogP contribution in [-0.2, 0) is 6.42 Å². The van der Waals surface area contributed by atoms with E-state index in [1.807, 2.05) is 12.1 Å². The Balaban J connectivity index is 2.19. The largest absolute Gasteiger partial charge is 0.497 e. The molecule has 1 fully saturated rings. The summed E-state index contributed by atoms with van der Waals surface area (Å²) in [7, 11) is 1.70. The predicted octanol–water partition coefficient (Wildman–Crippen LogP) is 4.15. The lowest BCUT2D eigenvalue weighted by Gasteiger charge is -2.40. The normalized spacial score (nSPS) is 31.2. The highest BCUT2D eigenvalue weighted by Gasteiger charge is 2.34. The average molecular weight is 326 g/mol. The van der Waals surface area contributed by atoms with Crippen LogP contribution in [0.3, 0.4) is 0 Å². The molecule has 0 spiro atoms. The van der Waals surface area contributed by atoms with Crippen LogP contribution in [0.25, 0.3) is 0 Å². The summed E-state index contributed by atoms with van der Waals surface area (Å²) < 4.78 is 6.44. The van der Waals surface area contributed by atoms with Crippen molar-refractivity contribution in [2.75, 3.05) is 7.11 Å². The van der Waals surface area contributed by atoms with Gasteiger partial charge in [-0.05, 0) is 61.3 Å². The van der Waals surface area contributed by atoms with Crippen molar-refractivity contribution >= 4 is 15.9 Å². The number of methoxy groups -OCH3 is 1. The molecule has 1 aromatic carbocycles. The summed E-state index contributed by atoms with van der Waals surface area (Å²) in [5.74, 6) is 2.34. The molecule has 0 bridgehead atoms. The Morgan fingerprint density at radius 3 is 2.53 bits per heavy atom. The monoisotopic (exact) mass is 325 g/mol. The Morgan fingerprint density at radius 1 is 1.32 bits per heavy atom. The number of hydrogen-bond acceptors (Lipinski definition) is 2. The van der Waals surface area contributed by atoms with E-state index < -0.39 is 0 Å². The molecule has 19 heavy (non-hydrogen) atoms.